The van der Waals surface area contributed by atoms with Crippen LogP contribution in [0.15, 0.2) is 11.2 Å². The van der Waals surface area contributed by atoms with Gasteiger partial charge in [-0.2, -0.15) is 0 Å². The Morgan fingerprint density at radius 3 is 2.40 bits per heavy atom. The Morgan fingerprint density at radius 2 is 1.93 bits per heavy atom. The molecule has 1 aromatic rings. The number of nitrogens with zero attached hydrogens (tertiary/aromatic N) is 2. The van der Waals surface area contributed by atoms with Crippen LogP contribution < -0.4 is 5.32 Å². The van der Waals surface area contributed by atoms with Crippen LogP contribution in [0.3, 0.4) is 0 Å². The minimum Gasteiger partial charge on any atom is -0.316 e. The van der Waals surface area contributed by atoms with Crippen LogP contribution in [0.2, 0.25) is 10.3 Å². The van der Waals surface area contributed by atoms with Gasteiger partial charge in [0.05, 0.1) is 0 Å². The van der Waals surface area contributed by atoms with E-state index in [1.807, 2.05) is 25.5 Å². The maximum absolute atomic E-state index is 5.97. The number of nitrogens with one attached hydrogen (secondary N) is 1. The second-order valence-electron chi connectivity index (χ2n) is 2.67. The fourth-order valence-electron chi connectivity index (χ4n) is 0.922. The third-order valence-electron chi connectivity index (χ3n) is 1.62. The molecule has 1 N–H and O–H groups in total. The van der Waals surface area contributed by atoms with Gasteiger partial charge in [0.1, 0.15) is 10.3 Å². The fourth-order valence-corrected chi connectivity index (χ4v) is 1.90. The summed E-state index contributed by atoms with van der Waals surface area (Å²) in [5.74, 6) is 0. The van der Waals surface area contributed by atoms with Crippen LogP contribution in [0.25, 0.3) is 6.08 Å². The molecule has 82 valence electrons. The number of aromatic nitrogens is 2. The number of hydrogen-bond donors (Lipinski definition) is 1. The smallest absolute Gasteiger partial charge is 0.190 e. The Balaban J connectivity index is 2.98. The van der Waals surface area contributed by atoms with Gasteiger partial charge in [0, 0.05) is 12.1 Å². The highest BCUT2D eigenvalue weighted by molar-refractivity contribution is 7.98. The van der Waals surface area contributed by atoms with Crippen molar-refractivity contribution in [3.05, 3.63) is 21.9 Å². The molecule has 0 aliphatic carbocycles. The molecule has 0 spiro atoms. The molecule has 0 aliphatic heterocycles. The molecule has 0 fully saturated rings. The lowest BCUT2D eigenvalue weighted by atomic mass is 10.3. The van der Waals surface area contributed by atoms with Crippen molar-refractivity contribution in [2.75, 3.05) is 19.8 Å². The first-order valence-electron chi connectivity index (χ1n) is 4.27. The molecule has 0 unspecified atom stereocenters. The fraction of sp³-hybridized carbons (Fsp3) is 0.333. The van der Waals surface area contributed by atoms with E-state index >= 15 is 0 Å². The van der Waals surface area contributed by atoms with E-state index in [9.17, 15) is 0 Å². The molecular weight excluding hydrogens is 253 g/mol. The predicted molar refractivity (Wildman–Crippen MR) is 66.8 cm³/mol. The van der Waals surface area contributed by atoms with E-state index in [1.54, 1.807) is 0 Å². The highest BCUT2D eigenvalue weighted by Gasteiger charge is 2.07. The van der Waals surface area contributed by atoms with Crippen molar-refractivity contribution >= 4 is 41.0 Å². The van der Waals surface area contributed by atoms with Crippen molar-refractivity contribution in [1.29, 1.82) is 0 Å². The summed E-state index contributed by atoms with van der Waals surface area (Å²) >= 11 is 13.4. The third-order valence-corrected chi connectivity index (χ3v) is 2.75. The average Bonchev–Trinajstić information content (AvgIpc) is 2.22. The molecule has 0 atom stereocenters. The second kappa shape index (κ2) is 6.33. The molecule has 0 radical (unpaired) electrons. The van der Waals surface area contributed by atoms with Gasteiger partial charge >= 0.3 is 0 Å². The molecule has 0 aromatic carbocycles. The number of thioether (sulfide) groups is 1. The summed E-state index contributed by atoms with van der Waals surface area (Å²) < 4.78 is 0. The lowest BCUT2D eigenvalue weighted by Crippen LogP contribution is -2.03. The topological polar surface area (TPSA) is 37.8 Å². The summed E-state index contributed by atoms with van der Waals surface area (Å²) in [6.07, 6.45) is 5.60. The molecule has 3 nitrogen and oxygen atoms in total. The first-order chi connectivity index (χ1) is 7.19. The summed E-state index contributed by atoms with van der Waals surface area (Å²) in [6, 6.07) is 0. The van der Waals surface area contributed by atoms with Gasteiger partial charge in [-0.25, -0.2) is 9.97 Å². The SMILES string of the molecule is CNCC=Cc1c(Cl)nc(SC)nc1Cl. The summed E-state index contributed by atoms with van der Waals surface area (Å²) in [7, 11) is 1.86. The lowest BCUT2D eigenvalue weighted by Gasteiger charge is -2.02. The first-order valence-corrected chi connectivity index (χ1v) is 6.25. The molecule has 1 aromatic heterocycles. The van der Waals surface area contributed by atoms with E-state index in [4.69, 9.17) is 23.2 Å². The molecule has 1 heterocycles. The van der Waals surface area contributed by atoms with Gasteiger partial charge < -0.3 is 5.32 Å². The van der Waals surface area contributed by atoms with E-state index in [2.05, 4.69) is 15.3 Å². The van der Waals surface area contributed by atoms with Gasteiger partial charge in [-0.05, 0) is 13.3 Å². The van der Waals surface area contributed by atoms with Gasteiger partial charge in [0.15, 0.2) is 5.16 Å². The van der Waals surface area contributed by atoms with Crippen LogP contribution in [0.1, 0.15) is 5.56 Å². The maximum atomic E-state index is 5.97. The Hall–Kier alpha value is -0.290. The zero-order chi connectivity index (χ0) is 11.3. The highest BCUT2D eigenvalue weighted by Crippen LogP contribution is 2.25. The zero-order valence-corrected chi connectivity index (χ0v) is 10.7. The molecule has 6 heteroatoms. The summed E-state index contributed by atoms with van der Waals surface area (Å²) in [5.41, 5.74) is 0.659. The Morgan fingerprint density at radius 1 is 1.33 bits per heavy atom. The van der Waals surface area contributed by atoms with E-state index in [-0.39, 0.29) is 0 Å². The average molecular weight is 264 g/mol. The molecular formula is C9H11Cl2N3S. The quantitative estimate of drug-likeness (QED) is 0.515. The van der Waals surface area contributed by atoms with Crippen molar-refractivity contribution in [2.24, 2.45) is 0 Å². The summed E-state index contributed by atoms with van der Waals surface area (Å²) in [5, 5.41) is 4.32. The van der Waals surface area contributed by atoms with E-state index in [1.165, 1.54) is 11.8 Å². The van der Waals surface area contributed by atoms with Crippen molar-refractivity contribution in [3.8, 4) is 0 Å². The van der Waals surface area contributed by atoms with Gasteiger partial charge in [-0.3, -0.25) is 0 Å². The molecule has 1 rings (SSSR count). The van der Waals surface area contributed by atoms with E-state index in [0.29, 0.717) is 21.0 Å². The van der Waals surface area contributed by atoms with Crippen LogP contribution in [-0.4, -0.2) is 29.8 Å². The molecule has 0 saturated heterocycles. The third kappa shape index (κ3) is 3.65. The van der Waals surface area contributed by atoms with Gasteiger partial charge in [-0.15, -0.1) is 0 Å². The Kier molecular flexibility index (Phi) is 5.39. The van der Waals surface area contributed by atoms with Gasteiger partial charge in [-0.1, -0.05) is 47.1 Å². The summed E-state index contributed by atoms with van der Waals surface area (Å²) in [4.78, 5) is 8.18. The maximum Gasteiger partial charge on any atom is 0.190 e. The van der Waals surface area contributed by atoms with Crippen LogP contribution in [0, 0.1) is 0 Å². The Bertz CT molecular complexity index is 345. The van der Waals surface area contributed by atoms with Crippen LogP contribution in [0.4, 0.5) is 0 Å². The molecule has 0 bridgehead atoms. The van der Waals surface area contributed by atoms with Gasteiger partial charge in [0.25, 0.3) is 0 Å². The predicted octanol–water partition coefficient (Wildman–Crippen LogP) is 2.74. The number of likely N-dealkylation sites (N-methyl/N-ethyl adjacent to an activating group) is 1. The zero-order valence-electron chi connectivity index (χ0n) is 8.42. The van der Waals surface area contributed by atoms with Crippen LogP contribution in [0.5, 0.6) is 0 Å². The highest BCUT2D eigenvalue weighted by atomic mass is 35.5. The van der Waals surface area contributed by atoms with E-state index in [0.717, 1.165) is 6.54 Å². The van der Waals surface area contributed by atoms with Crippen molar-refractivity contribution < 1.29 is 0 Å². The molecule has 15 heavy (non-hydrogen) atoms. The summed E-state index contributed by atoms with van der Waals surface area (Å²) in [6.45, 7) is 0.747. The molecule has 0 amide bonds. The number of hydrogen-bond acceptors (Lipinski definition) is 4. The molecule has 0 saturated carbocycles. The Labute approximate surface area is 103 Å². The molecule has 0 aliphatic rings. The van der Waals surface area contributed by atoms with E-state index < -0.39 is 0 Å². The van der Waals surface area contributed by atoms with Crippen LogP contribution >= 0.6 is 35.0 Å². The largest absolute Gasteiger partial charge is 0.316 e. The van der Waals surface area contributed by atoms with Crippen molar-refractivity contribution in [3.63, 3.8) is 0 Å². The standard InChI is InChI=1S/C9H11Cl2N3S/c1-12-5-3-4-6-7(10)13-9(15-2)14-8(6)11/h3-4,12H,5H2,1-2H3. The monoisotopic (exact) mass is 263 g/mol. The minimum atomic E-state index is 0.381. The number of halogens is 2. The normalized spacial score (nSPS) is 11.2. The second-order valence-corrected chi connectivity index (χ2v) is 4.16. The lowest BCUT2D eigenvalue weighted by molar-refractivity contribution is 0.921. The van der Waals surface area contributed by atoms with Crippen molar-refractivity contribution in [2.45, 2.75) is 5.16 Å². The van der Waals surface area contributed by atoms with Crippen molar-refractivity contribution in [1.82, 2.24) is 15.3 Å². The minimum absolute atomic E-state index is 0.381. The first kappa shape index (κ1) is 12.8. The van der Waals surface area contributed by atoms with Gasteiger partial charge in [0.2, 0.25) is 0 Å². The van der Waals surface area contributed by atoms with Crippen LogP contribution in [-0.2, 0) is 0 Å². The number of rotatable bonds is 4.